The molecule has 0 bridgehead atoms. The van der Waals surface area contributed by atoms with Crippen LogP contribution in [0.15, 0.2) is 54.6 Å². The molecule has 0 saturated heterocycles. The average molecular weight is 361 g/mol. The van der Waals surface area contributed by atoms with E-state index in [1.807, 2.05) is 0 Å². The predicted octanol–water partition coefficient (Wildman–Crippen LogP) is 1.33. The number of hydrogen-bond donors (Lipinski definition) is 4. The minimum absolute atomic E-state index is 0.0487. The van der Waals surface area contributed by atoms with Crippen molar-refractivity contribution in [1.29, 1.82) is 0 Å². The van der Waals surface area contributed by atoms with E-state index in [4.69, 9.17) is 21.6 Å². The Morgan fingerprint density at radius 2 is 1.68 bits per heavy atom. The van der Waals surface area contributed by atoms with E-state index in [2.05, 4.69) is 10.6 Å². The molecule has 8 heteroatoms. The van der Waals surface area contributed by atoms with Crippen LogP contribution in [-0.2, 0) is 4.79 Å². The lowest BCUT2D eigenvalue weighted by molar-refractivity contribution is -0.121. The fraction of sp³-hybridized carbons (Fsp3) is 0.176. The van der Waals surface area contributed by atoms with Crippen molar-refractivity contribution < 1.29 is 19.6 Å². The molecule has 1 atom stereocenters. The van der Waals surface area contributed by atoms with Gasteiger partial charge >= 0.3 is 7.12 Å². The first kappa shape index (κ1) is 19.0. The van der Waals surface area contributed by atoms with Crippen molar-refractivity contribution in [2.75, 3.05) is 6.44 Å². The molecule has 25 heavy (non-hydrogen) atoms. The number of halogens is 1. The number of benzene rings is 2. The Bertz CT molecular complexity index is 710. The molecule has 0 heterocycles. The van der Waals surface area contributed by atoms with Crippen LogP contribution in [-0.4, -0.2) is 35.4 Å². The maximum Gasteiger partial charge on any atom is 0.472 e. The Morgan fingerprint density at radius 3 is 2.28 bits per heavy atom. The van der Waals surface area contributed by atoms with Gasteiger partial charge in [0.2, 0.25) is 5.91 Å². The molecule has 0 radical (unpaired) electrons. The maximum absolute atomic E-state index is 12.4. The van der Waals surface area contributed by atoms with Gasteiger partial charge in [0.05, 0.1) is 18.9 Å². The summed E-state index contributed by atoms with van der Waals surface area (Å²) in [5.41, 5.74) is 1.20. The predicted molar refractivity (Wildman–Crippen MR) is 95.9 cm³/mol. The minimum atomic E-state index is -1.63. The molecular weight excluding hydrogens is 342 g/mol. The van der Waals surface area contributed by atoms with Gasteiger partial charge in [-0.25, -0.2) is 0 Å². The van der Waals surface area contributed by atoms with Gasteiger partial charge in [-0.1, -0.05) is 41.9 Å². The molecule has 2 aromatic rings. The number of hydrogen-bond acceptors (Lipinski definition) is 4. The van der Waals surface area contributed by atoms with E-state index in [0.717, 1.165) is 0 Å². The summed E-state index contributed by atoms with van der Waals surface area (Å²) in [6.07, 6.45) is -0.328. The van der Waals surface area contributed by atoms with E-state index in [9.17, 15) is 9.59 Å². The number of amides is 2. The minimum Gasteiger partial charge on any atom is -0.426 e. The highest BCUT2D eigenvalue weighted by Gasteiger charge is 2.20. The molecule has 0 aliphatic rings. The SMILES string of the molecule is O=C(CC(NC(=O)c1ccccc1)c1ccc(Cl)cc1)NCB(O)O. The van der Waals surface area contributed by atoms with Crippen LogP contribution < -0.4 is 10.6 Å². The van der Waals surface area contributed by atoms with Gasteiger partial charge in [0.25, 0.3) is 5.91 Å². The maximum atomic E-state index is 12.4. The van der Waals surface area contributed by atoms with Crippen molar-refractivity contribution in [1.82, 2.24) is 10.6 Å². The molecule has 0 aliphatic heterocycles. The summed E-state index contributed by atoms with van der Waals surface area (Å²) in [5.74, 6) is -0.725. The number of rotatable bonds is 7. The second kappa shape index (κ2) is 9.22. The van der Waals surface area contributed by atoms with Gasteiger partial charge < -0.3 is 20.7 Å². The monoisotopic (exact) mass is 360 g/mol. The van der Waals surface area contributed by atoms with Crippen molar-refractivity contribution in [3.8, 4) is 0 Å². The molecule has 0 aromatic heterocycles. The van der Waals surface area contributed by atoms with Crippen molar-refractivity contribution >= 4 is 30.5 Å². The first-order valence-electron chi connectivity index (χ1n) is 7.70. The summed E-state index contributed by atoms with van der Waals surface area (Å²) < 4.78 is 0. The number of nitrogens with one attached hydrogen (secondary N) is 2. The van der Waals surface area contributed by atoms with Crippen molar-refractivity contribution in [2.24, 2.45) is 0 Å². The van der Waals surface area contributed by atoms with E-state index in [1.165, 1.54) is 0 Å². The van der Waals surface area contributed by atoms with Gasteiger partial charge in [-0.05, 0) is 29.8 Å². The lowest BCUT2D eigenvalue weighted by Gasteiger charge is -2.19. The molecule has 0 saturated carbocycles. The first-order valence-corrected chi connectivity index (χ1v) is 8.07. The van der Waals surface area contributed by atoms with Gasteiger partial charge in [-0.3, -0.25) is 9.59 Å². The van der Waals surface area contributed by atoms with Crippen LogP contribution in [0.2, 0.25) is 5.02 Å². The van der Waals surface area contributed by atoms with E-state index in [0.29, 0.717) is 16.1 Å². The third-order valence-corrected chi connectivity index (χ3v) is 3.74. The van der Waals surface area contributed by atoms with E-state index < -0.39 is 19.1 Å². The Hall–Kier alpha value is -2.35. The zero-order valence-corrected chi connectivity index (χ0v) is 14.1. The third-order valence-electron chi connectivity index (χ3n) is 3.49. The highest BCUT2D eigenvalue weighted by atomic mass is 35.5. The highest BCUT2D eigenvalue weighted by molar-refractivity contribution is 6.41. The van der Waals surface area contributed by atoms with Crippen LogP contribution in [0.3, 0.4) is 0 Å². The Balaban J connectivity index is 2.12. The van der Waals surface area contributed by atoms with Crippen molar-refractivity contribution in [3.63, 3.8) is 0 Å². The Kier molecular flexibility index (Phi) is 7.00. The Morgan fingerprint density at radius 1 is 1.04 bits per heavy atom. The zero-order valence-electron chi connectivity index (χ0n) is 13.4. The van der Waals surface area contributed by atoms with Crippen LogP contribution in [0, 0.1) is 0 Å². The largest absolute Gasteiger partial charge is 0.472 e. The number of carbonyl (C=O) groups excluding carboxylic acids is 2. The summed E-state index contributed by atoms with van der Waals surface area (Å²) in [4.78, 5) is 24.4. The molecule has 2 rings (SSSR count). The third kappa shape index (κ3) is 6.23. The quantitative estimate of drug-likeness (QED) is 0.560. The fourth-order valence-corrected chi connectivity index (χ4v) is 2.37. The van der Waals surface area contributed by atoms with E-state index in [1.54, 1.807) is 54.6 Å². The van der Waals surface area contributed by atoms with E-state index >= 15 is 0 Å². The smallest absolute Gasteiger partial charge is 0.426 e. The van der Waals surface area contributed by atoms with Crippen molar-refractivity contribution in [2.45, 2.75) is 12.5 Å². The van der Waals surface area contributed by atoms with Gasteiger partial charge in [-0.15, -0.1) is 0 Å². The van der Waals surface area contributed by atoms with Gasteiger partial charge in [0.15, 0.2) is 0 Å². The first-order chi connectivity index (χ1) is 12.0. The number of carbonyl (C=O) groups is 2. The molecule has 0 fully saturated rings. The van der Waals surface area contributed by atoms with Gasteiger partial charge in [0.1, 0.15) is 0 Å². The zero-order chi connectivity index (χ0) is 18.2. The fourth-order valence-electron chi connectivity index (χ4n) is 2.24. The second-order valence-corrected chi connectivity index (χ2v) is 5.87. The van der Waals surface area contributed by atoms with Gasteiger partial charge in [0, 0.05) is 10.6 Å². The molecule has 130 valence electrons. The molecule has 6 nitrogen and oxygen atoms in total. The van der Waals surface area contributed by atoms with Crippen LogP contribution in [0.4, 0.5) is 0 Å². The molecule has 0 spiro atoms. The molecule has 0 aliphatic carbocycles. The average Bonchev–Trinajstić information content (AvgIpc) is 2.61. The lowest BCUT2D eigenvalue weighted by atomic mass is 9.92. The summed E-state index contributed by atoms with van der Waals surface area (Å²) in [6, 6.07) is 14.9. The Labute approximate surface area is 151 Å². The van der Waals surface area contributed by atoms with Crippen molar-refractivity contribution in [3.05, 3.63) is 70.7 Å². The summed E-state index contributed by atoms with van der Waals surface area (Å²) in [7, 11) is -1.63. The normalized spacial score (nSPS) is 11.5. The van der Waals surface area contributed by atoms with Gasteiger partial charge in [-0.2, -0.15) is 0 Å². The molecular formula is C17H18BClN2O4. The highest BCUT2D eigenvalue weighted by Crippen LogP contribution is 2.20. The van der Waals surface area contributed by atoms with E-state index in [-0.39, 0.29) is 18.8 Å². The van der Waals surface area contributed by atoms with Crippen LogP contribution in [0.5, 0.6) is 0 Å². The molecule has 2 amide bonds. The topological polar surface area (TPSA) is 98.7 Å². The summed E-state index contributed by atoms with van der Waals surface area (Å²) in [6.45, 7) is 0. The summed E-state index contributed by atoms with van der Waals surface area (Å²) >= 11 is 5.89. The summed E-state index contributed by atoms with van der Waals surface area (Å²) in [5, 5.41) is 23.4. The standard InChI is InChI=1S/C17H18BClN2O4/c19-14-8-6-12(7-9-14)15(10-16(22)20-11-18(24)25)21-17(23)13-4-2-1-3-5-13/h1-9,15,24-25H,10-11H2,(H,20,22)(H,21,23). The molecule has 1 unspecified atom stereocenters. The van der Waals surface area contributed by atoms with Crippen LogP contribution in [0.25, 0.3) is 0 Å². The molecule has 4 N–H and O–H groups in total. The van der Waals surface area contributed by atoms with Crippen LogP contribution in [0.1, 0.15) is 28.4 Å². The van der Waals surface area contributed by atoms with Crippen LogP contribution >= 0.6 is 11.6 Å². The second-order valence-electron chi connectivity index (χ2n) is 5.43. The molecule has 2 aromatic carbocycles. The lowest BCUT2D eigenvalue weighted by Crippen LogP contribution is -2.38.